The molecule has 5 nitrogen and oxygen atoms in total. The van der Waals surface area contributed by atoms with E-state index in [1.54, 1.807) is 4.90 Å². The van der Waals surface area contributed by atoms with Gasteiger partial charge in [0.05, 0.1) is 0 Å². The summed E-state index contributed by atoms with van der Waals surface area (Å²) in [6.07, 6.45) is 0. The molecule has 2 rings (SSSR count). The Kier molecular flexibility index (Phi) is 3.12. The Labute approximate surface area is 102 Å². The Morgan fingerprint density at radius 3 is 2.65 bits per heavy atom. The van der Waals surface area contributed by atoms with E-state index in [0.717, 1.165) is 13.1 Å². The van der Waals surface area contributed by atoms with Crippen molar-refractivity contribution in [3.05, 3.63) is 0 Å². The average Bonchev–Trinajstić information content (AvgIpc) is 2.18. The van der Waals surface area contributed by atoms with Crippen molar-refractivity contribution in [3.63, 3.8) is 0 Å². The lowest BCUT2D eigenvalue weighted by Gasteiger charge is -2.44. The minimum absolute atomic E-state index is 0.00132. The molecule has 0 radical (unpaired) electrons. The van der Waals surface area contributed by atoms with E-state index < -0.39 is 5.54 Å². The number of carbonyl (C=O) groups is 2. The van der Waals surface area contributed by atoms with E-state index in [9.17, 15) is 9.59 Å². The van der Waals surface area contributed by atoms with Crippen molar-refractivity contribution < 1.29 is 9.59 Å². The van der Waals surface area contributed by atoms with Gasteiger partial charge >= 0.3 is 0 Å². The molecule has 2 heterocycles. The third-order valence-corrected chi connectivity index (χ3v) is 4.03. The van der Waals surface area contributed by atoms with Crippen LogP contribution in [0.2, 0.25) is 0 Å². The fourth-order valence-corrected chi connectivity index (χ4v) is 2.40. The maximum atomic E-state index is 12.4. The van der Waals surface area contributed by atoms with Crippen LogP contribution < -0.4 is 10.6 Å². The molecule has 0 aromatic carbocycles. The molecule has 2 N–H and O–H groups in total. The summed E-state index contributed by atoms with van der Waals surface area (Å²) in [7, 11) is 0. The van der Waals surface area contributed by atoms with Gasteiger partial charge in [0, 0.05) is 19.0 Å². The summed E-state index contributed by atoms with van der Waals surface area (Å²) in [4.78, 5) is 25.9. The van der Waals surface area contributed by atoms with Gasteiger partial charge in [-0.05, 0) is 32.9 Å². The largest absolute Gasteiger partial charge is 0.352 e. The van der Waals surface area contributed by atoms with Gasteiger partial charge in [-0.25, -0.2) is 0 Å². The zero-order valence-electron chi connectivity index (χ0n) is 10.7. The first-order chi connectivity index (χ1) is 7.94. The lowest BCUT2D eigenvalue weighted by Crippen LogP contribution is -2.65. The van der Waals surface area contributed by atoms with Gasteiger partial charge in [-0.2, -0.15) is 0 Å². The Balaban J connectivity index is 2.09. The molecule has 0 aliphatic carbocycles. The molecule has 0 spiro atoms. The fourth-order valence-electron chi connectivity index (χ4n) is 2.40. The summed E-state index contributed by atoms with van der Waals surface area (Å²) in [6.45, 7) is 8.58. The summed E-state index contributed by atoms with van der Waals surface area (Å²) in [5.74, 6) is 0.470. The van der Waals surface area contributed by atoms with Crippen molar-refractivity contribution >= 4 is 11.8 Å². The molecule has 2 aliphatic heterocycles. The van der Waals surface area contributed by atoms with Gasteiger partial charge in [0.2, 0.25) is 11.8 Å². The van der Waals surface area contributed by atoms with Crippen LogP contribution in [0.25, 0.3) is 0 Å². The molecule has 5 heteroatoms. The molecule has 96 valence electrons. The van der Waals surface area contributed by atoms with Crippen LogP contribution in [0.3, 0.4) is 0 Å². The van der Waals surface area contributed by atoms with E-state index >= 15 is 0 Å². The van der Waals surface area contributed by atoms with Crippen molar-refractivity contribution in [2.75, 3.05) is 26.2 Å². The Morgan fingerprint density at radius 1 is 1.47 bits per heavy atom. The van der Waals surface area contributed by atoms with Gasteiger partial charge in [0.15, 0.2) is 0 Å². The number of nitrogens with one attached hydrogen (secondary N) is 2. The van der Waals surface area contributed by atoms with E-state index in [0.29, 0.717) is 19.0 Å². The maximum absolute atomic E-state index is 12.4. The molecular weight excluding hydrogens is 218 g/mol. The van der Waals surface area contributed by atoms with E-state index in [1.807, 2.05) is 20.8 Å². The van der Waals surface area contributed by atoms with Gasteiger partial charge in [-0.1, -0.05) is 6.92 Å². The van der Waals surface area contributed by atoms with Crippen LogP contribution in [-0.2, 0) is 9.59 Å². The number of piperazine rings is 1. The average molecular weight is 239 g/mol. The molecule has 1 unspecified atom stereocenters. The van der Waals surface area contributed by atoms with Crippen molar-refractivity contribution in [1.82, 2.24) is 15.5 Å². The number of carbonyl (C=O) groups excluding carboxylic acids is 2. The molecule has 0 saturated carbocycles. The molecule has 0 aromatic rings. The molecule has 2 saturated heterocycles. The first kappa shape index (κ1) is 12.4. The molecule has 17 heavy (non-hydrogen) atoms. The number of hydrogen-bond acceptors (Lipinski definition) is 3. The van der Waals surface area contributed by atoms with Crippen molar-refractivity contribution in [2.45, 2.75) is 26.3 Å². The molecule has 0 aromatic heterocycles. The predicted octanol–water partition coefficient (Wildman–Crippen LogP) is -0.421. The summed E-state index contributed by atoms with van der Waals surface area (Å²) in [6, 6.07) is 0. The van der Waals surface area contributed by atoms with Crippen LogP contribution >= 0.6 is 0 Å². The third kappa shape index (κ3) is 2.04. The maximum Gasteiger partial charge on any atom is 0.245 e. The van der Waals surface area contributed by atoms with E-state index in [4.69, 9.17) is 0 Å². The summed E-state index contributed by atoms with van der Waals surface area (Å²) >= 11 is 0. The van der Waals surface area contributed by atoms with Crippen LogP contribution in [0.4, 0.5) is 0 Å². The van der Waals surface area contributed by atoms with E-state index in [-0.39, 0.29) is 17.7 Å². The highest BCUT2D eigenvalue weighted by Gasteiger charge is 2.43. The smallest absolute Gasteiger partial charge is 0.245 e. The van der Waals surface area contributed by atoms with Gasteiger partial charge in [-0.3, -0.25) is 9.59 Å². The van der Waals surface area contributed by atoms with Crippen LogP contribution in [-0.4, -0.2) is 48.4 Å². The molecule has 2 fully saturated rings. The first-order valence-corrected chi connectivity index (χ1v) is 6.25. The van der Waals surface area contributed by atoms with E-state index in [2.05, 4.69) is 10.6 Å². The van der Waals surface area contributed by atoms with Crippen LogP contribution in [0, 0.1) is 11.8 Å². The molecule has 2 aliphatic rings. The topological polar surface area (TPSA) is 61.4 Å². The standard InChI is InChI=1S/C12H21N3O2/c1-8(9-6-13-7-9)10(16)15-5-4-14-11(17)12(15,2)3/h8-9,13H,4-7H2,1-3H3,(H,14,17). The Bertz CT molecular complexity index is 337. The van der Waals surface area contributed by atoms with Gasteiger partial charge < -0.3 is 15.5 Å². The minimum Gasteiger partial charge on any atom is -0.352 e. The van der Waals surface area contributed by atoms with Crippen molar-refractivity contribution in [1.29, 1.82) is 0 Å². The summed E-state index contributed by atoms with van der Waals surface area (Å²) < 4.78 is 0. The summed E-state index contributed by atoms with van der Waals surface area (Å²) in [5, 5.41) is 5.99. The second kappa shape index (κ2) is 4.29. The minimum atomic E-state index is -0.721. The third-order valence-electron chi connectivity index (χ3n) is 4.03. The highest BCUT2D eigenvalue weighted by atomic mass is 16.2. The quantitative estimate of drug-likeness (QED) is 0.688. The first-order valence-electron chi connectivity index (χ1n) is 6.25. The lowest BCUT2D eigenvalue weighted by molar-refractivity contribution is -0.153. The van der Waals surface area contributed by atoms with Crippen LogP contribution in [0.15, 0.2) is 0 Å². The zero-order chi connectivity index (χ0) is 12.6. The Hall–Kier alpha value is -1.10. The fraction of sp³-hybridized carbons (Fsp3) is 0.833. The highest BCUT2D eigenvalue weighted by molar-refractivity contribution is 5.92. The number of nitrogens with zero attached hydrogens (tertiary/aromatic N) is 1. The molecular formula is C12H21N3O2. The van der Waals surface area contributed by atoms with E-state index in [1.165, 1.54) is 0 Å². The predicted molar refractivity (Wildman–Crippen MR) is 64.3 cm³/mol. The van der Waals surface area contributed by atoms with Crippen molar-refractivity contribution in [2.24, 2.45) is 11.8 Å². The van der Waals surface area contributed by atoms with Crippen molar-refractivity contribution in [3.8, 4) is 0 Å². The molecule has 0 bridgehead atoms. The second-order valence-corrected chi connectivity index (χ2v) is 5.51. The molecule has 1 atom stereocenters. The zero-order valence-corrected chi connectivity index (χ0v) is 10.7. The molecule has 2 amide bonds. The SMILES string of the molecule is CC(C(=O)N1CCNC(=O)C1(C)C)C1CNC1. The highest BCUT2D eigenvalue weighted by Crippen LogP contribution is 2.24. The van der Waals surface area contributed by atoms with Gasteiger partial charge in [0.25, 0.3) is 0 Å². The second-order valence-electron chi connectivity index (χ2n) is 5.51. The monoisotopic (exact) mass is 239 g/mol. The van der Waals surface area contributed by atoms with Gasteiger partial charge in [-0.15, -0.1) is 0 Å². The lowest BCUT2D eigenvalue weighted by atomic mass is 9.86. The van der Waals surface area contributed by atoms with Crippen LogP contribution in [0.1, 0.15) is 20.8 Å². The van der Waals surface area contributed by atoms with Gasteiger partial charge in [0.1, 0.15) is 5.54 Å². The number of rotatable bonds is 2. The number of hydrogen-bond donors (Lipinski definition) is 2. The normalized spacial score (nSPS) is 26.1. The van der Waals surface area contributed by atoms with Crippen LogP contribution in [0.5, 0.6) is 0 Å². The Morgan fingerprint density at radius 2 is 2.12 bits per heavy atom. The summed E-state index contributed by atoms with van der Waals surface area (Å²) in [5.41, 5.74) is -0.721. The number of amides is 2.